The van der Waals surface area contributed by atoms with Crippen molar-refractivity contribution >= 4 is 120 Å². The third-order valence-corrected chi connectivity index (χ3v) is 31.2. The van der Waals surface area contributed by atoms with Crippen molar-refractivity contribution in [2.75, 3.05) is 9.80 Å². The van der Waals surface area contributed by atoms with E-state index in [2.05, 4.69) is 564 Å². The fourth-order valence-electron chi connectivity index (χ4n) is 23.7. The molecule has 0 radical (unpaired) electrons. The van der Waals surface area contributed by atoms with E-state index < -0.39 is 0 Å². The molecule has 2 heteroatoms. The second-order valence-electron chi connectivity index (χ2n) is 42.6. The molecule has 0 unspecified atom stereocenters. The van der Waals surface area contributed by atoms with Crippen LogP contribution in [0.5, 0.6) is 0 Å². The molecule has 0 fully saturated rings. The van der Waals surface area contributed by atoms with E-state index in [9.17, 15) is 0 Å². The van der Waals surface area contributed by atoms with Crippen molar-refractivity contribution in [3.63, 3.8) is 0 Å². The van der Waals surface area contributed by atoms with E-state index in [4.69, 9.17) is 0 Å². The molecule has 688 valence electrons. The van der Waals surface area contributed by atoms with Gasteiger partial charge in [-0.05, 0) is 339 Å². The van der Waals surface area contributed by atoms with Gasteiger partial charge in [0.25, 0.3) is 0 Å². The largest absolute Gasteiger partial charge is 0.310 e. The number of hydrogen-bond acceptors (Lipinski definition) is 2. The van der Waals surface area contributed by atoms with Crippen molar-refractivity contribution < 1.29 is 0 Å². The third kappa shape index (κ3) is 15.2. The first kappa shape index (κ1) is 88.4. The van der Waals surface area contributed by atoms with E-state index in [1.165, 1.54) is 231 Å². The number of benzene rings is 24. The molecule has 0 aliphatic heterocycles. The average Bonchev–Trinajstić information content (AvgIpc) is 1.32. The molecular formula is C142H110N2. The molecule has 0 spiro atoms. The fourth-order valence-corrected chi connectivity index (χ4v) is 23.7. The highest BCUT2D eigenvalue weighted by molar-refractivity contribution is 6.35. The standard InChI is InChI=1S/C76H55N.C66H55N/c1-75(2)68-29-17-15-26-59(68)61-40-37-56(45-70(61)75)77(57-38-41-62-60-27-16-18-30-69(60)76(3,4)71(62)46-57)55-39-42-64-67(44-55)58-25-13-14-28-63(58)73-66(50-20-7-5-8-21-50)47-65(72(74(64)73)52-22-9-6-10-23-52)51-34-31-49(32-35-51)54-36-33-48-19-11-12-24-53(48)43-54;1-65(2,3)51-31-35-53(36-32-51)67(54-37-33-52(34-38-54)66(4,5)6)55-39-40-58-61(42-55)56-23-15-16-24-57(56)63-60(46-18-9-7-10-19-46)43-59(62(64(58)63)48-20-11-8-12-21-48)47-28-25-45(26-29-47)50-30-27-44-17-13-14-22-49(44)41-50/h5-47H,1-4H3;7-43H,1-6H3. The first-order chi connectivity index (χ1) is 70.2. The molecular weight excluding hydrogens is 1730 g/mol. The van der Waals surface area contributed by atoms with Crippen LogP contribution in [0, 0.1) is 0 Å². The molecule has 0 aromatic heterocycles. The highest BCUT2D eigenvalue weighted by Gasteiger charge is 2.39. The molecule has 0 heterocycles. The number of fused-ring (bicyclic) bond motifs is 20. The van der Waals surface area contributed by atoms with Gasteiger partial charge in [-0.1, -0.05) is 457 Å². The number of anilines is 6. The van der Waals surface area contributed by atoms with Gasteiger partial charge in [-0.25, -0.2) is 0 Å². The Morgan fingerprint density at radius 1 is 0.160 bits per heavy atom. The van der Waals surface area contributed by atoms with Gasteiger partial charge in [-0.3, -0.25) is 0 Å². The summed E-state index contributed by atoms with van der Waals surface area (Å²) in [5.41, 5.74) is 39.3. The summed E-state index contributed by atoms with van der Waals surface area (Å²) in [6.45, 7) is 23.2. The zero-order valence-corrected chi connectivity index (χ0v) is 83.1. The Balaban J connectivity index is 0.000000152. The van der Waals surface area contributed by atoms with Crippen LogP contribution in [-0.4, -0.2) is 0 Å². The zero-order chi connectivity index (χ0) is 97.4. The summed E-state index contributed by atoms with van der Waals surface area (Å²) in [7, 11) is 0. The van der Waals surface area contributed by atoms with Crippen molar-refractivity contribution in [3.05, 3.63) is 519 Å². The molecule has 26 rings (SSSR count). The van der Waals surface area contributed by atoms with Gasteiger partial charge in [0, 0.05) is 45.0 Å². The minimum absolute atomic E-state index is 0.0494. The minimum Gasteiger partial charge on any atom is -0.310 e. The van der Waals surface area contributed by atoms with Crippen molar-refractivity contribution in [2.45, 2.75) is 90.9 Å². The van der Waals surface area contributed by atoms with E-state index in [1.807, 2.05) is 0 Å². The Labute approximate surface area is 844 Å². The van der Waals surface area contributed by atoms with Crippen LogP contribution < -0.4 is 9.80 Å². The average molecular weight is 1840 g/mol. The van der Waals surface area contributed by atoms with Crippen LogP contribution in [0.25, 0.3) is 197 Å². The molecule has 0 amide bonds. The SMILES string of the molecule is CC(C)(C)c1ccc(N(c2ccc(C(C)(C)C)cc2)c2ccc3c(c2)c2ccccc2c2c(-c4ccccc4)cc(-c4ccc(-c5ccc6ccccc6c5)cc4)c(-c4ccccc4)c32)cc1.CC1(C)c2ccccc2-c2ccc(N(c3ccc4c(c3)C(C)(C)c3ccccc3-4)c3ccc4c(c3)c3ccccc3c3c(-c5ccccc5)cc(-c5ccc(-c6ccc7ccccc7c6)cc5)c(-c5ccccc5)c43)cc21. The molecule has 2 aliphatic rings. The Morgan fingerprint density at radius 2 is 0.438 bits per heavy atom. The van der Waals surface area contributed by atoms with E-state index in [1.54, 1.807) is 0 Å². The summed E-state index contributed by atoms with van der Waals surface area (Å²) in [4.78, 5) is 4.95. The summed E-state index contributed by atoms with van der Waals surface area (Å²) >= 11 is 0. The van der Waals surface area contributed by atoms with Crippen LogP contribution in [0.3, 0.4) is 0 Å². The second kappa shape index (κ2) is 35.0. The van der Waals surface area contributed by atoms with Crippen molar-refractivity contribution in [2.24, 2.45) is 0 Å². The molecule has 2 aliphatic carbocycles. The maximum Gasteiger partial charge on any atom is 0.0468 e. The molecule has 24 aromatic carbocycles. The molecule has 0 atom stereocenters. The summed E-state index contributed by atoms with van der Waals surface area (Å²) in [6, 6.07) is 182. The summed E-state index contributed by atoms with van der Waals surface area (Å²) < 4.78 is 0. The van der Waals surface area contributed by atoms with Crippen molar-refractivity contribution in [1.82, 2.24) is 0 Å². The number of hydrogen-bond donors (Lipinski definition) is 0. The summed E-state index contributed by atoms with van der Waals surface area (Å²) in [6.07, 6.45) is 0. The molecule has 144 heavy (non-hydrogen) atoms. The van der Waals surface area contributed by atoms with Crippen molar-refractivity contribution in [3.8, 4) is 111 Å². The predicted molar refractivity (Wildman–Crippen MR) is 618 cm³/mol. The van der Waals surface area contributed by atoms with Gasteiger partial charge >= 0.3 is 0 Å². The lowest BCUT2D eigenvalue weighted by atomic mass is 9.81. The maximum atomic E-state index is 2.53. The molecule has 2 nitrogen and oxygen atoms in total. The molecule has 0 saturated heterocycles. The van der Waals surface area contributed by atoms with Gasteiger partial charge < -0.3 is 9.80 Å². The van der Waals surface area contributed by atoms with Crippen LogP contribution in [0.2, 0.25) is 0 Å². The molecule has 0 N–H and O–H groups in total. The van der Waals surface area contributed by atoms with Gasteiger partial charge in [-0.2, -0.15) is 0 Å². The third-order valence-electron chi connectivity index (χ3n) is 31.2. The predicted octanol–water partition coefficient (Wildman–Crippen LogP) is 40.1. The minimum atomic E-state index is -0.160. The Hall–Kier alpha value is -17.0. The van der Waals surface area contributed by atoms with Crippen LogP contribution in [-0.2, 0) is 21.7 Å². The van der Waals surface area contributed by atoms with Crippen LogP contribution >= 0.6 is 0 Å². The smallest absolute Gasteiger partial charge is 0.0468 e. The van der Waals surface area contributed by atoms with Crippen molar-refractivity contribution in [1.29, 1.82) is 0 Å². The first-order valence-electron chi connectivity index (χ1n) is 50.8. The van der Waals surface area contributed by atoms with Gasteiger partial charge in [0.15, 0.2) is 0 Å². The van der Waals surface area contributed by atoms with Gasteiger partial charge in [0.2, 0.25) is 0 Å². The second-order valence-corrected chi connectivity index (χ2v) is 42.6. The molecule has 0 saturated carbocycles. The summed E-state index contributed by atoms with van der Waals surface area (Å²) in [5, 5.41) is 19.9. The summed E-state index contributed by atoms with van der Waals surface area (Å²) in [5.74, 6) is 0. The van der Waals surface area contributed by atoms with Crippen LogP contribution in [0.15, 0.2) is 485 Å². The van der Waals surface area contributed by atoms with Crippen LogP contribution in [0.1, 0.15) is 103 Å². The fraction of sp³-hybridized carbons (Fsp3) is 0.0986. The lowest BCUT2D eigenvalue weighted by molar-refractivity contribution is 0.590. The quantitative estimate of drug-likeness (QED) is 0.100. The Kier molecular flexibility index (Phi) is 21.5. The normalized spacial score (nSPS) is 12.9. The van der Waals surface area contributed by atoms with E-state index in [0.29, 0.717) is 0 Å². The maximum absolute atomic E-state index is 2.53. The van der Waals surface area contributed by atoms with E-state index >= 15 is 0 Å². The molecule has 0 bridgehead atoms. The topological polar surface area (TPSA) is 6.48 Å². The first-order valence-corrected chi connectivity index (χ1v) is 50.8. The van der Waals surface area contributed by atoms with Gasteiger partial charge in [-0.15, -0.1) is 0 Å². The highest BCUT2D eigenvalue weighted by atomic mass is 15.1. The van der Waals surface area contributed by atoms with Crippen LogP contribution in [0.4, 0.5) is 34.1 Å². The highest BCUT2D eigenvalue weighted by Crippen LogP contribution is 2.58. The monoisotopic (exact) mass is 1840 g/mol. The molecule has 24 aromatic rings. The lowest BCUT2D eigenvalue weighted by Gasteiger charge is -2.30. The van der Waals surface area contributed by atoms with E-state index in [0.717, 1.165) is 34.1 Å². The lowest BCUT2D eigenvalue weighted by Crippen LogP contribution is -2.18. The Bertz CT molecular complexity index is 9030. The number of nitrogens with zero attached hydrogens (tertiary/aromatic N) is 2. The van der Waals surface area contributed by atoms with E-state index in [-0.39, 0.29) is 21.7 Å². The Morgan fingerprint density at radius 3 is 0.819 bits per heavy atom. The van der Waals surface area contributed by atoms with Gasteiger partial charge in [0.05, 0.1) is 0 Å². The zero-order valence-electron chi connectivity index (χ0n) is 83.1. The van der Waals surface area contributed by atoms with Gasteiger partial charge in [0.1, 0.15) is 0 Å². The number of rotatable bonds is 14.